The molecule has 0 spiro atoms. The van der Waals surface area contributed by atoms with Crippen molar-refractivity contribution in [1.29, 1.82) is 0 Å². The van der Waals surface area contributed by atoms with Crippen molar-refractivity contribution in [3.63, 3.8) is 0 Å². The SMILES string of the molecule is CCO[P+](=O)Cc1cc2cc(C(=O)O)ccc2cn1. The fraction of sp³-hybridized carbons (Fsp3) is 0.231. The molecule has 0 aliphatic heterocycles. The van der Waals surface area contributed by atoms with Crippen molar-refractivity contribution < 1.29 is 19.0 Å². The lowest BCUT2D eigenvalue weighted by Gasteiger charge is -2.00. The van der Waals surface area contributed by atoms with Crippen molar-refractivity contribution >= 4 is 24.8 Å². The molecule has 0 amide bonds. The van der Waals surface area contributed by atoms with Gasteiger partial charge in [-0.05, 0) is 35.1 Å². The van der Waals surface area contributed by atoms with Gasteiger partial charge < -0.3 is 5.11 Å². The van der Waals surface area contributed by atoms with E-state index in [9.17, 15) is 9.36 Å². The van der Waals surface area contributed by atoms with Gasteiger partial charge in [-0.1, -0.05) is 6.07 Å². The molecule has 5 nitrogen and oxygen atoms in total. The molecule has 1 atom stereocenters. The molecule has 0 fully saturated rings. The summed E-state index contributed by atoms with van der Waals surface area (Å²) in [5.74, 6) is -0.972. The molecular formula is C13H13NO4P+. The Morgan fingerprint density at radius 1 is 1.37 bits per heavy atom. The second-order valence-corrected chi connectivity index (χ2v) is 5.19. The maximum Gasteiger partial charge on any atom is 0.514 e. The highest BCUT2D eigenvalue weighted by Gasteiger charge is 2.18. The van der Waals surface area contributed by atoms with Gasteiger partial charge in [0.1, 0.15) is 0 Å². The number of benzene rings is 1. The van der Waals surface area contributed by atoms with E-state index in [0.29, 0.717) is 12.3 Å². The zero-order chi connectivity index (χ0) is 13.8. The van der Waals surface area contributed by atoms with Crippen molar-refractivity contribution in [2.75, 3.05) is 6.61 Å². The first-order valence-corrected chi connectivity index (χ1v) is 7.16. The van der Waals surface area contributed by atoms with Gasteiger partial charge in [0.25, 0.3) is 0 Å². The number of hydrogen-bond donors (Lipinski definition) is 1. The minimum atomic E-state index is -1.76. The third kappa shape index (κ3) is 3.34. The Balaban J connectivity index is 2.32. The van der Waals surface area contributed by atoms with E-state index in [4.69, 9.17) is 9.63 Å². The Morgan fingerprint density at radius 2 is 2.16 bits per heavy atom. The first-order chi connectivity index (χ1) is 9.10. The Morgan fingerprint density at radius 3 is 2.84 bits per heavy atom. The van der Waals surface area contributed by atoms with Crippen LogP contribution in [0.25, 0.3) is 10.8 Å². The molecule has 1 N–H and O–H groups in total. The average molecular weight is 278 g/mol. The van der Waals surface area contributed by atoms with Crippen LogP contribution < -0.4 is 0 Å². The predicted molar refractivity (Wildman–Crippen MR) is 71.6 cm³/mol. The van der Waals surface area contributed by atoms with Crippen LogP contribution in [0.15, 0.2) is 30.5 Å². The second kappa shape index (κ2) is 5.87. The molecule has 1 heterocycles. The second-order valence-electron chi connectivity index (χ2n) is 3.95. The molecule has 0 saturated heterocycles. The molecule has 6 heteroatoms. The standard InChI is InChI=1S/C13H12NO4P/c1-2-18-19(17)8-12-6-11-5-9(13(15)16)3-4-10(11)7-14-12/h3-7H,2,8H2,1H3/p+1. The van der Waals surface area contributed by atoms with Gasteiger partial charge in [-0.2, -0.15) is 0 Å². The molecule has 2 aromatic rings. The average Bonchev–Trinajstić information content (AvgIpc) is 2.38. The fourth-order valence-electron chi connectivity index (χ4n) is 1.73. The summed E-state index contributed by atoms with van der Waals surface area (Å²) in [6.07, 6.45) is 1.88. The summed E-state index contributed by atoms with van der Waals surface area (Å²) in [6, 6.07) is 6.56. The Kier molecular flexibility index (Phi) is 4.20. The van der Waals surface area contributed by atoms with E-state index in [1.165, 1.54) is 6.07 Å². The van der Waals surface area contributed by atoms with Crippen LogP contribution in [0.1, 0.15) is 23.0 Å². The number of pyridine rings is 1. The van der Waals surface area contributed by atoms with E-state index in [-0.39, 0.29) is 11.7 Å². The van der Waals surface area contributed by atoms with Crippen LogP contribution in [0.4, 0.5) is 0 Å². The van der Waals surface area contributed by atoms with Crippen LogP contribution >= 0.6 is 8.03 Å². The third-order valence-electron chi connectivity index (χ3n) is 2.59. The lowest BCUT2D eigenvalue weighted by atomic mass is 10.1. The predicted octanol–water partition coefficient (Wildman–Crippen LogP) is 3.21. The maximum absolute atomic E-state index is 11.5. The minimum absolute atomic E-state index is 0.221. The van der Waals surface area contributed by atoms with Gasteiger partial charge in [-0.25, -0.2) is 4.79 Å². The molecule has 0 saturated carbocycles. The summed E-state index contributed by atoms with van der Waals surface area (Å²) in [5.41, 5.74) is 0.850. The smallest absolute Gasteiger partial charge is 0.478 e. The number of aromatic carboxylic acids is 1. The van der Waals surface area contributed by atoms with E-state index in [2.05, 4.69) is 4.98 Å². The molecule has 0 radical (unpaired) electrons. The van der Waals surface area contributed by atoms with Gasteiger partial charge in [0.05, 0.1) is 17.9 Å². The lowest BCUT2D eigenvalue weighted by molar-refractivity contribution is 0.0697. The van der Waals surface area contributed by atoms with Crippen LogP contribution in [0.5, 0.6) is 0 Å². The van der Waals surface area contributed by atoms with E-state index < -0.39 is 14.0 Å². The Labute approximate surface area is 111 Å². The highest BCUT2D eigenvalue weighted by molar-refractivity contribution is 7.38. The minimum Gasteiger partial charge on any atom is -0.478 e. The number of carboxylic acids is 1. The number of fused-ring (bicyclic) bond motifs is 1. The molecule has 1 unspecified atom stereocenters. The zero-order valence-electron chi connectivity index (χ0n) is 10.4. The summed E-state index contributed by atoms with van der Waals surface area (Å²) < 4.78 is 16.5. The highest BCUT2D eigenvalue weighted by atomic mass is 31.1. The molecule has 0 aliphatic rings. The summed E-state index contributed by atoms with van der Waals surface area (Å²) in [4.78, 5) is 15.1. The van der Waals surface area contributed by atoms with Gasteiger partial charge >= 0.3 is 14.0 Å². The quantitative estimate of drug-likeness (QED) is 0.850. The van der Waals surface area contributed by atoms with Crippen molar-refractivity contribution in [3.05, 3.63) is 41.7 Å². The molecule has 2 rings (SSSR count). The van der Waals surface area contributed by atoms with E-state index >= 15 is 0 Å². The number of carbonyl (C=O) groups is 1. The molecule has 98 valence electrons. The van der Waals surface area contributed by atoms with E-state index in [1.54, 1.807) is 31.3 Å². The van der Waals surface area contributed by atoms with Gasteiger partial charge in [0.15, 0.2) is 0 Å². The molecule has 1 aromatic heterocycles. The monoisotopic (exact) mass is 278 g/mol. The van der Waals surface area contributed by atoms with Gasteiger partial charge in [0, 0.05) is 11.6 Å². The number of rotatable bonds is 5. The molecule has 19 heavy (non-hydrogen) atoms. The fourth-order valence-corrected chi connectivity index (χ4v) is 2.54. The number of aromatic nitrogens is 1. The summed E-state index contributed by atoms with van der Waals surface area (Å²) in [5, 5.41) is 10.6. The molecule has 0 bridgehead atoms. The maximum atomic E-state index is 11.5. The van der Waals surface area contributed by atoms with Crippen LogP contribution in [0.2, 0.25) is 0 Å². The molecular weight excluding hydrogens is 265 g/mol. The summed E-state index contributed by atoms with van der Waals surface area (Å²) in [7, 11) is -1.76. The van der Waals surface area contributed by atoms with Crippen LogP contribution in [0.3, 0.4) is 0 Å². The van der Waals surface area contributed by atoms with Gasteiger partial charge in [-0.15, -0.1) is 4.52 Å². The first-order valence-electron chi connectivity index (χ1n) is 5.79. The van der Waals surface area contributed by atoms with Crippen LogP contribution in [-0.4, -0.2) is 22.7 Å². The summed E-state index contributed by atoms with van der Waals surface area (Å²) in [6.45, 7) is 2.17. The Hall–Kier alpha value is -1.84. The topological polar surface area (TPSA) is 76.5 Å². The molecule has 0 aliphatic carbocycles. The van der Waals surface area contributed by atoms with Crippen LogP contribution in [-0.2, 0) is 15.3 Å². The van der Waals surface area contributed by atoms with Crippen molar-refractivity contribution in [3.8, 4) is 0 Å². The van der Waals surface area contributed by atoms with Crippen molar-refractivity contribution in [2.24, 2.45) is 0 Å². The van der Waals surface area contributed by atoms with Crippen molar-refractivity contribution in [1.82, 2.24) is 4.98 Å². The number of carboxylic acid groups (broad SMARTS) is 1. The highest BCUT2D eigenvalue weighted by Crippen LogP contribution is 2.28. The summed E-state index contributed by atoms with van der Waals surface area (Å²) >= 11 is 0. The molecule has 1 aromatic carbocycles. The number of hydrogen-bond acceptors (Lipinski definition) is 4. The Bertz CT molecular complexity index is 642. The first kappa shape index (κ1) is 13.6. The third-order valence-corrected chi connectivity index (χ3v) is 3.72. The van der Waals surface area contributed by atoms with E-state index in [0.717, 1.165) is 10.8 Å². The number of nitrogens with zero attached hydrogens (tertiary/aromatic N) is 1. The van der Waals surface area contributed by atoms with Crippen LogP contribution in [0, 0.1) is 0 Å². The van der Waals surface area contributed by atoms with Gasteiger partial charge in [-0.3, -0.25) is 4.98 Å². The normalized spacial score (nSPS) is 11.5. The largest absolute Gasteiger partial charge is 0.514 e. The lowest BCUT2D eigenvalue weighted by Crippen LogP contribution is -1.96. The zero-order valence-corrected chi connectivity index (χ0v) is 11.3. The van der Waals surface area contributed by atoms with Gasteiger partial charge in [0.2, 0.25) is 6.16 Å². The van der Waals surface area contributed by atoms with E-state index in [1.807, 2.05) is 0 Å². The van der Waals surface area contributed by atoms with Crippen molar-refractivity contribution in [2.45, 2.75) is 13.1 Å².